The zero-order valence-corrected chi connectivity index (χ0v) is 9.23. The molecular formula is C12H16O5. The smallest absolute Gasteiger partial charge is 0.199 e. The molecular weight excluding hydrogens is 224 g/mol. The predicted molar refractivity (Wildman–Crippen MR) is 59.1 cm³/mol. The second kappa shape index (κ2) is 4.72. The minimum Gasteiger partial charge on any atom is -0.394 e. The van der Waals surface area contributed by atoms with E-state index >= 15 is 0 Å². The van der Waals surface area contributed by atoms with Crippen molar-refractivity contribution in [3.63, 3.8) is 0 Å². The Balaban J connectivity index is 2.15. The molecule has 5 nitrogen and oxygen atoms in total. The lowest BCUT2D eigenvalue weighted by atomic mass is 9.98. The van der Waals surface area contributed by atoms with Gasteiger partial charge in [0.15, 0.2) is 5.79 Å². The first-order valence-corrected chi connectivity index (χ1v) is 5.48. The Morgan fingerprint density at radius 3 is 2.35 bits per heavy atom. The molecule has 0 saturated carbocycles. The number of aliphatic hydroxyl groups is 4. The molecule has 4 N–H and O–H groups in total. The molecule has 1 aromatic carbocycles. The first-order valence-electron chi connectivity index (χ1n) is 5.48. The number of benzene rings is 1. The van der Waals surface area contributed by atoms with Crippen LogP contribution in [0.1, 0.15) is 5.56 Å². The summed E-state index contributed by atoms with van der Waals surface area (Å²) in [5.74, 6) is -1.85. The van der Waals surface area contributed by atoms with Gasteiger partial charge >= 0.3 is 0 Å². The summed E-state index contributed by atoms with van der Waals surface area (Å²) in [5.41, 5.74) is 0.778. The summed E-state index contributed by atoms with van der Waals surface area (Å²) in [6.45, 7) is -0.449. The van der Waals surface area contributed by atoms with Gasteiger partial charge in [0.1, 0.15) is 18.3 Å². The van der Waals surface area contributed by atoms with Gasteiger partial charge in [-0.2, -0.15) is 0 Å². The summed E-state index contributed by atoms with van der Waals surface area (Å²) >= 11 is 0. The highest BCUT2D eigenvalue weighted by atomic mass is 16.7. The molecule has 1 aromatic rings. The minimum absolute atomic E-state index is 0.0581. The Morgan fingerprint density at radius 1 is 1.18 bits per heavy atom. The van der Waals surface area contributed by atoms with E-state index in [2.05, 4.69) is 0 Å². The highest BCUT2D eigenvalue weighted by Gasteiger charge is 2.52. The van der Waals surface area contributed by atoms with Crippen molar-refractivity contribution in [1.29, 1.82) is 0 Å². The molecule has 0 radical (unpaired) electrons. The van der Waals surface area contributed by atoms with Crippen molar-refractivity contribution in [3.8, 4) is 0 Å². The largest absolute Gasteiger partial charge is 0.394 e. The van der Waals surface area contributed by atoms with Crippen LogP contribution < -0.4 is 0 Å². The number of aliphatic hydroxyl groups excluding tert-OH is 3. The Morgan fingerprint density at radius 2 is 1.82 bits per heavy atom. The Bertz CT molecular complexity index is 368. The Labute approximate surface area is 98.9 Å². The molecule has 1 saturated heterocycles. The first-order chi connectivity index (χ1) is 8.07. The van der Waals surface area contributed by atoms with Crippen LogP contribution in [0, 0.1) is 0 Å². The highest BCUT2D eigenvalue weighted by Crippen LogP contribution is 2.31. The fraction of sp³-hybridized carbons (Fsp3) is 0.500. The summed E-state index contributed by atoms with van der Waals surface area (Å²) in [5, 5.41) is 38.4. The number of hydrogen-bond acceptors (Lipinski definition) is 5. The van der Waals surface area contributed by atoms with E-state index in [1.165, 1.54) is 0 Å². The molecule has 94 valence electrons. The summed E-state index contributed by atoms with van der Waals surface area (Å²) < 4.78 is 5.13. The van der Waals surface area contributed by atoms with E-state index in [9.17, 15) is 15.3 Å². The van der Waals surface area contributed by atoms with E-state index < -0.39 is 30.7 Å². The lowest BCUT2D eigenvalue weighted by molar-refractivity contribution is -0.229. The standard InChI is InChI=1S/C12H16O5/c13-7-9-10(14)11(15)12(16,17-9)6-8-4-2-1-3-5-8/h1-5,9-11,13-16H,6-7H2/t9-,10+,11+,12?/m1/s1. The average Bonchev–Trinajstić information content (AvgIpc) is 2.55. The van der Waals surface area contributed by atoms with Crippen molar-refractivity contribution in [2.45, 2.75) is 30.5 Å². The van der Waals surface area contributed by atoms with Crippen LogP contribution in [0.2, 0.25) is 0 Å². The maximum Gasteiger partial charge on any atom is 0.199 e. The maximum absolute atomic E-state index is 10.1. The van der Waals surface area contributed by atoms with E-state index in [1.54, 1.807) is 24.3 Å². The third-order valence-electron chi connectivity index (χ3n) is 3.00. The molecule has 1 heterocycles. The van der Waals surface area contributed by atoms with Crippen molar-refractivity contribution in [3.05, 3.63) is 35.9 Å². The second-order valence-electron chi connectivity index (χ2n) is 4.28. The van der Waals surface area contributed by atoms with Crippen LogP contribution in [0.3, 0.4) is 0 Å². The van der Waals surface area contributed by atoms with Gasteiger partial charge in [-0.15, -0.1) is 0 Å². The monoisotopic (exact) mass is 240 g/mol. The third kappa shape index (κ3) is 2.34. The highest BCUT2D eigenvalue weighted by molar-refractivity contribution is 5.17. The number of hydrogen-bond donors (Lipinski definition) is 4. The van der Waals surface area contributed by atoms with Crippen molar-refractivity contribution < 1.29 is 25.2 Å². The number of rotatable bonds is 3. The molecule has 5 heteroatoms. The normalized spacial score (nSPS) is 37.3. The molecule has 2 rings (SSSR count). The fourth-order valence-corrected chi connectivity index (χ4v) is 2.05. The van der Waals surface area contributed by atoms with E-state index in [-0.39, 0.29) is 6.42 Å². The lowest BCUT2D eigenvalue weighted by Crippen LogP contribution is -2.44. The third-order valence-corrected chi connectivity index (χ3v) is 3.00. The second-order valence-corrected chi connectivity index (χ2v) is 4.28. The SMILES string of the molecule is OC[C@H]1OC(O)(Cc2ccccc2)[C@@H](O)[C@H]1O. The van der Waals surface area contributed by atoms with Gasteiger partial charge in [-0.05, 0) is 5.56 Å². The Hall–Kier alpha value is -0.980. The van der Waals surface area contributed by atoms with Crippen LogP contribution >= 0.6 is 0 Å². The molecule has 0 spiro atoms. The first kappa shape index (κ1) is 12.5. The molecule has 0 aliphatic carbocycles. The number of ether oxygens (including phenoxy) is 1. The van der Waals surface area contributed by atoms with Gasteiger partial charge in [-0.1, -0.05) is 30.3 Å². The van der Waals surface area contributed by atoms with Gasteiger partial charge in [0.25, 0.3) is 0 Å². The molecule has 1 fully saturated rings. The van der Waals surface area contributed by atoms with Crippen molar-refractivity contribution in [2.24, 2.45) is 0 Å². The van der Waals surface area contributed by atoms with Crippen molar-refractivity contribution in [2.75, 3.05) is 6.61 Å². The van der Waals surface area contributed by atoms with Crippen LogP contribution in [0.5, 0.6) is 0 Å². The Kier molecular flexibility index (Phi) is 3.46. The van der Waals surface area contributed by atoms with Gasteiger partial charge < -0.3 is 25.2 Å². The summed E-state index contributed by atoms with van der Waals surface area (Å²) in [4.78, 5) is 0. The van der Waals surface area contributed by atoms with Crippen LogP contribution in [0.25, 0.3) is 0 Å². The molecule has 1 aliphatic rings. The molecule has 4 atom stereocenters. The molecule has 0 amide bonds. The molecule has 17 heavy (non-hydrogen) atoms. The van der Waals surface area contributed by atoms with Crippen molar-refractivity contribution >= 4 is 0 Å². The van der Waals surface area contributed by atoms with E-state index in [4.69, 9.17) is 9.84 Å². The predicted octanol–water partition coefficient (Wildman–Crippen LogP) is -0.969. The van der Waals surface area contributed by atoms with Crippen LogP contribution in [0.15, 0.2) is 30.3 Å². The zero-order chi connectivity index (χ0) is 12.5. The average molecular weight is 240 g/mol. The van der Waals surface area contributed by atoms with Gasteiger partial charge in [0.05, 0.1) is 6.61 Å². The minimum atomic E-state index is -1.85. The molecule has 1 aliphatic heterocycles. The fourth-order valence-electron chi connectivity index (χ4n) is 2.05. The van der Waals surface area contributed by atoms with Gasteiger partial charge in [0, 0.05) is 6.42 Å². The van der Waals surface area contributed by atoms with Gasteiger partial charge in [0.2, 0.25) is 0 Å². The molecule has 1 unspecified atom stereocenters. The maximum atomic E-state index is 10.1. The van der Waals surface area contributed by atoms with Crippen molar-refractivity contribution in [1.82, 2.24) is 0 Å². The van der Waals surface area contributed by atoms with Gasteiger partial charge in [-0.25, -0.2) is 0 Å². The molecule has 0 bridgehead atoms. The lowest BCUT2D eigenvalue weighted by Gasteiger charge is -2.26. The topological polar surface area (TPSA) is 90.2 Å². The summed E-state index contributed by atoms with van der Waals surface area (Å²) in [6, 6.07) is 9.02. The van der Waals surface area contributed by atoms with Gasteiger partial charge in [-0.3, -0.25) is 0 Å². The van der Waals surface area contributed by atoms with Crippen LogP contribution in [-0.4, -0.2) is 51.1 Å². The van der Waals surface area contributed by atoms with E-state index in [1.807, 2.05) is 6.07 Å². The van der Waals surface area contributed by atoms with E-state index in [0.717, 1.165) is 5.56 Å². The van der Waals surface area contributed by atoms with Crippen LogP contribution in [-0.2, 0) is 11.2 Å². The zero-order valence-electron chi connectivity index (χ0n) is 9.23. The summed E-state index contributed by atoms with van der Waals surface area (Å²) in [7, 11) is 0. The van der Waals surface area contributed by atoms with E-state index in [0.29, 0.717) is 0 Å². The summed E-state index contributed by atoms with van der Waals surface area (Å²) in [6.07, 6.45) is -3.62. The quantitative estimate of drug-likeness (QED) is 0.546. The van der Waals surface area contributed by atoms with Crippen LogP contribution in [0.4, 0.5) is 0 Å². The molecule has 0 aromatic heterocycles.